The Labute approximate surface area is 77.1 Å². The molecule has 0 saturated carbocycles. The summed E-state index contributed by atoms with van der Waals surface area (Å²) in [5, 5.41) is 0. The summed E-state index contributed by atoms with van der Waals surface area (Å²) in [5.41, 5.74) is 0. The molecule has 0 amide bonds. The predicted molar refractivity (Wildman–Crippen MR) is 39.5 cm³/mol. The molecule has 0 aromatic heterocycles. The molecule has 0 heterocycles. The number of hydrogen-bond donors (Lipinski definition) is 0. The van der Waals surface area contributed by atoms with E-state index in [1.54, 1.807) is 0 Å². The second kappa shape index (κ2) is 4.17. The zero-order valence-corrected chi connectivity index (χ0v) is 7.06. The number of halogens is 4. The van der Waals surface area contributed by atoms with E-state index in [1.807, 2.05) is 0 Å². The summed E-state index contributed by atoms with van der Waals surface area (Å²) in [7, 11) is 1.20. The van der Waals surface area contributed by atoms with Crippen molar-refractivity contribution in [2.24, 2.45) is 0 Å². The lowest BCUT2D eigenvalue weighted by Crippen LogP contribution is -2.06. The van der Waals surface area contributed by atoms with Crippen molar-refractivity contribution in [2.75, 3.05) is 7.11 Å². The van der Waals surface area contributed by atoms with E-state index >= 15 is 0 Å². The van der Waals surface area contributed by atoms with Crippen molar-refractivity contribution < 1.29 is 27.0 Å². The zero-order valence-electron chi connectivity index (χ0n) is 7.06. The molecule has 0 saturated heterocycles. The third kappa shape index (κ3) is 2.27. The van der Waals surface area contributed by atoms with Gasteiger partial charge in [-0.2, -0.15) is 8.78 Å². The number of methoxy groups -OCH3 is 1. The van der Waals surface area contributed by atoms with Crippen LogP contribution in [-0.4, -0.2) is 13.7 Å². The van der Waals surface area contributed by atoms with Gasteiger partial charge in [0.1, 0.15) is 5.75 Å². The minimum atomic E-state index is -3.27. The number of benzene rings is 1. The van der Waals surface area contributed by atoms with Crippen LogP contribution in [0.1, 0.15) is 0 Å². The number of rotatable bonds is 3. The molecular formula is C8H6F4O2. The molecule has 0 spiro atoms. The van der Waals surface area contributed by atoms with Gasteiger partial charge in [-0.05, 0) is 0 Å². The molecule has 0 radical (unpaired) electrons. The van der Waals surface area contributed by atoms with Gasteiger partial charge in [-0.25, -0.2) is 8.78 Å². The van der Waals surface area contributed by atoms with E-state index in [2.05, 4.69) is 9.47 Å². The Hall–Kier alpha value is -1.46. The van der Waals surface area contributed by atoms with Gasteiger partial charge >= 0.3 is 6.61 Å². The fourth-order valence-corrected chi connectivity index (χ4v) is 0.856. The molecule has 0 unspecified atom stereocenters. The third-order valence-electron chi connectivity index (χ3n) is 1.41. The molecule has 1 aromatic carbocycles. The second-order valence-corrected chi connectivity index (χ2v) is 2.30. The van der Waals surface area contributed by atoms with Gasteiger partial charge in [-0.15, -0.1) is 0 Å². The van der Waals surface area contributed by atoms with Gasteiger partial charge in [-0.1, -0.05) is 0 Å². The van der Waals surface area contributed by atoms with E-state index in [4.69, 9.17) is 0 Å². The highest BCUT2D eigenvalue weighted by atomic mass is 19.3. The first-order valence-corrected chi connectivity index (χ1v) is 3.52. The summed E-state index contributed by atoms with van der Waals surface area (Å²) < 4.78 is 57.3. The van der Waals surface area contributed by atoms with Crippen LogP contribution >= 0.6 is 0 Å². The van der Waals surface area contributed by atoms with Gasteiger partial charge in [-0.3, -0.25) is 0 Å². The molecule has 14 heavy (non-hydrogen) atoms. The normalized spacial score (nSPS) is 10.4. The SMILES string of the molecule is COc1cc(F)c(OC(F)F)c(F)c1. The molecule has 78 valence electrons. The van der Waals surface area contributed by atoms with E-state index in [0.29, 0.717) is 0 Å². The number of alkyl halides is 2. The van der Waals surface area contributed by atoms with Crippen LogP contribution in [0.5, 0.6) is 11.5 Å². The van der Waals surface area contributed by atoms with Crippen molar-refractivity contribution in [3.63, 3.8) is 0 Å². The topological polar surface area (TPSA) is 18.5 Å². The molecule has 0 aliphatic rings. The number of hydrogen-bond acceptors (Lipinski definition) is 2. The Kier molecular flexibility index (Phi) is 3.16. The number of ether oxygens (including phenoxy) is 2. The maximum absolute atomic E-state index is 12.9. The summed E-state index contributed by atoms with van der Waals surface area (Å²) in [6, 6.07) is 1.50. The lowest BCUT2D eigenvalue weighted by molar-refractivity contribution is -0.0547. The maximum atomic E-state index is 12.9. The van der Waals surface area contributed by atoms with Crippen LogP contribution in [0.2, 0.25) is 0 Å². The minimum Gasteiger partial charge on any atom is -0.497 e. The smallest absolute Gasteiger partial charge is 0.387 e. The van der Waals surface area contributed by atoms with E-state index in [0.717, 1.165) is 12.1 Å². The van der Waals surface area contributed by atoms with Gasteiger partial charge < -0.3 is 9.47 Å². The van der Waals surface area contributed by atoms with Crippen molar-refractivity contribution >= 4 is 0 Å². The molecule has 0 aliphatic carbocycles. The first kappa shape index (κ1) is 10.6. The summed E-state index contributed by atoms with van der Waals surface area (Å²) in [5.74, 6) is -3.69. The van der Waals surface area contributed by atoms with E-state index < -0.39 is 24.0 Å². The molecule has 6 heteroatoms. The van der Waals surface area contributed by atoms with Crippen LogP contribution in [0.3, 0.4) is 0 Å². The van der Waals surface area contributed by atoms with Crippen LogP contribution < -0.4 is 9.47 Å². The summed E-state index contributed by atoms with van der Waals surface area (Å²) in [6.07, 6.45) is 0. The largest absolute Gasteiger partial charge is 0.497 e. The molecule has 2 nitrogen and oxygen atoms in total. The van der Waals surface area contributed by atoms with E-state index in [9.17, 15) is 17.6 Å². The molecular weight excluding hydrogens is 204 g/mol. The van der Waals surface area contributed by atoms with Crippen LogP contribution in [0.4, 0.5) is 17.6 Å². The van der Waals surface area contributed by atoms with Gasteiger partial charge in [0.05, 0.1) is 7.11 Å². The lowest BCUT2D eigenvalue weighted by Gasteiger charge is -2.08. The average molecular weight is 210 g/mol. The summed E-state index contributed by atoms with van der Waals surface area (Å²) >= 11 is 0. The zero-order chi connectivity index (χ0) is 10.7. The minimum absolute atomic E-state index is 0.110. The monoisotopic (exact) mass is 210 g/mol. The fraction of sp³-hybridized carbons (Fsp3) is 0.250. The summed E-state index contributed by atoms with van der Waals surface area (Å²) in [6.45, 7) is -3.27. The molecule has 0 N–H and O–H groups in total. The average Bonchev–Trinajstić information content (AvgIpc) is 2.10. The third-order valence-corrected chi connectivity index (χ3v) is 1.41. The first-order chi connectivity index (χ1) is 6.54. The van der Waals surface area contributed by atoms with Crippen LogP contribution in [0, 0.1) is 11.6 Å². The predicted octanol–water partition coefficient (Wildman–Crippen LogP) is 2.57. The van der Waals surface area contributed by atoms with Gasteiger partial charge in [0, 0.05) is 12.1 Å². The Morgan fingerprint density at radius 2 is 1.64 bits per heavy atom. The fourth-order valence-electron chi connectivity index (χ4n) is 0.856. The van der Waals surface area contributed by atoms with Crippen molar-refractivity contribution in [1.29, 1.82) is 0 Å². The Bertz CT molecular complexity index is 304. The van der Waals surface area contributed by atoms with Crippen molar-refractivity contribution in [1.82, 2.24) is 0 Å². The highest BCUT2D eigenvalue weighted by Crippen LogP contribution is 2.27. The van der Waals surface area contributed by atoms with Crippen molar-refractivity contribution in [3.05, 3.63) is 23.8 Å². The highest BCUT2D eigenvalue weighted by Gasteiger charge is 2.16. The molecule has 0 fully saturated rings. The standard InChI is InChI=1S/C8H6F4O2/c1-13-4-2-5(9)7(6(10)3-4)14-8(11)12/h2-3,8H,1H3. The van der Waals surface area contributed by atoms with Crippen LogP contribution in [0.25, 0.3) is 0 Å². The highest BCUT2D eigenvalue weighted by molar-refractivity contribution is 5.34. The molecule has 1 aromatic rings. The van der Waals surface area contributed by atoms with E-state index in [-0.39, 0.29) is 5.75 Å². The van der Waals surface area contributed by atoms with Crippen molar-refractivity contribution in [2.45, 2.75) is 6.61 Å². The Morgan fingerprint density at radius 3 is 2.00 bits per heavy atom. The van der Waals surface area contributed by atoms with Gasteiger partial charge in [0.2, 0.25) is 0 Å². The van der Waals surface area contributed by atoms with Crippen molar-refractivity contribution in [3.8, 4) is 11.5 Å². The second-order valence-electron chi connectivity index (χ2n) is 2.30. The van der Waals surface area contributed by atoms with Crippen LogP contribution in [0.15, 0.2) is 12.1 Å². The molecule has 0 bridgehead atoms. The molecule has 1 rings (SSSR count). The Balaban J connectivity index is 3.05. The molecule has 0 aliphatic heterocycles. The van der Waals surface area contributed by atoms with Gasteiger partial charge in [0.25, 0.3) is 0 Å². The van der Waals surface area contributed by atoms with E-state index in [1.165, 1.54) is 7.11 Å². The van der Waals surface area contributed by atoms with Gasteiger partial charge in [0.15, 0.2) is 17.4 Å². The lowest BCUT2D eigenvalue weighted by atomic mass is 10.3. The quantitative estimate of drug-likeness (QED) is 0.714. The summed E-state index contributed by atoms with van der Waals surface area (Å²) in [4.78, 5) is 0. The molecule has 0 atom stereocenters. The first-order valence-electron chi connectivity index (χ1n) is 3.52. The maximum Gasteiger partial charge on any atom is 0.387 e. The Morgan fingerprint density at radius 1 is 1.14 bits per heavy atom. The van der Waals surface area contributed by atoms with Crippen LogP contribution in [-0.2, 0) is 0 Å².